The fourth-order valence-corrected chi connectivity index (χ4v) is 1.64. The number of rotatable bonds is 4. The van der Waals surface area contributed by atoms with Crippen LogP contribution in [0.5, 0.6) is 0 Å². The van der Waals surface area contributed by atoms with Gasteiger partial charge in [-0.2, -0.15) is 0 Å². The van der Waals surface area contributed by atoms with Gasteiger partial charge in [0.2, 0.25) is 10.0 Å². The number of oxime groups is 1. The van der Waals surface area contributed by atoms with E-state index in [-0.39, 0.29) is 12.4 Å². The predicted molar refractivity (Wildman–Crippen MR) is 65.3 cm³/mol. The SMILES string of the molecule is CN(Cc1cccc(C(N)=NO)c1)S(C)(=O)=O. The summed E-state index contributed by atoms with van der Waals surface area (Å²) in [6, 6.07) is 6.85. The van der Waals surface area contributed by atoms with Crippen molar-refractivity contribution in [2.24, 2.45) is 10.9 Å². The molecule has 0 bridgehead atoms. The van der Waals surface area contributed by atoms with Crippen molar-refractivity contribution in [3.05, 3.63) is 35.4 Å². The van der Waals surface area contributed by atoms with Crippen LogP contribution in [-0.4, -0.2) is 37.1 Å². The first-order chi connectivity index (χ1) is 7.84. The van der Waals surface area contributed by atoms with Gasteiger partial charge in [0.1, 0.15) is 0 Å². The topological polar surface area (TPSA) is 96.0 Å². The summed E-state index contributed by atoms with van der Waals surface area (Å²) in [5, 5.41) is 11.4. The predicted octanol–water partition coefficient (Wildman–Crippen LogP) is 0.173. The van der Waals surface area contributed by atoms with Crippen LogP contribution in [0, 0.1) is 0 Å². The zero-order valence-electron chi connectivity index (χ0n) is 9.66. The van der Waals surface area contributed by atoms with Crippen LogP contribution in [0.15, 0.2) is 29.4 Å². The second-order valence-electron chi connectivity index (χ2n) is 3.70. The van der Waals surface area contributed by atoms with Gasteiger partial charge in [0.25, 0.3) is 0 Å². The third-order valence-corrected chi connectivity index (χ3v) is 3.56. The zero-order chi connectivity index (χ0) is 13.1. The van der Waals surface area contributed by atoms with E-state index in [1.165, 1.54) is 11.4 Å². The molecule has 94 valence electrons. The van der Waals surface area contributed by atoms with E-state index in [4.69, 9.17) is 10.9 Å². The highest BCUT2D eigenvalue weighted by Gasteiger charge is 2.11. The summed E-state index contributed by atoms with van der Waals surface area (Å²) in [4.78, 5) is 0. The van der Waals surface area contributed by atoms with Gasteiger partial charge < -0.3 is 10.9 Å². The van der Waals surface area contributed by atoms with E-state index >= 15 is 0 Å². The minimum absolute atomic E-state index is 0.00569. The van der Waals surface area contributed by atoms with Crippen molar-refractivity contribution in [2.45, 2.75) is 6.54 Å². The Kier molecular flexibility index (Phi) is 4.08. The monoisotopic (exact) mass is 257 g/mol. The first kappa shape index (κ1) is 13.5. The molecule has 0 heterocycles. The van der Waals surface area contributed by atoms with Crippen LogP contribution in [0.1, 0.15) is 11.1 Å². The summed E-state index contributed by atoms with van der Waals surface area (Å²) in [5.41, 5.74) is 6.76. The summed E-state index contributed by atoms with van der Waals surface area (Å²) < 4.78 is 23.7. The molecular formula is C10H15N3O3S. The minimum Gasteiger partial charge on any atom is -0.409 e. The van der Waals surface area contributed by atoms with Crippen LogP contribution >= 0.6 is 0 Å². The summed E-state index contributed by atoms with van der Waals surface area (Å²) in [5.74, 6) is -0.00569. The van der Waals surface area contributed by atoms with Crippen molar-refractivity contribution in [3.8, 4) is 0 Å². The Hall–Kier alpha value is -1.60. The van der Waals surface area contributed by atoms with Crippen molar-refractivity contribution in [1.29, 1.82) is 0 Å². The first-order valence-electron chi connectivity index (χ1n) is 4.82. The lowest BCUT2D eigenvalue weighted by Gasteiger charge is -2.14. The Morgan fingerprint density at radius 2 is 2.18 bits per heavy atom. The molecule has 0 saturated heterocycles. The maximum absolute atomic E-state index is 11.2. The molecule has 0 aliphatic rings. The Bertz CT molecular complexity index is 525. The Morgan fingerprint density at radius 1 is 1.53 bits per heavy atom. The molecule has 0 radical (unpaired) electrons. The van der Waals surface area contributed by atoms with Crippen LogP contribution in [-0.2, 0) is 16.6 Å². The van der Waals surface area contributed by atoms with E-state index in [2.05, 4.69) is 5.16 Å². The van der Waals surface area contributed by atoms with Crippen LogP contribution in [0.3, 0.4) is 0 Å². The highest BCUT2D eigenvalue weighted by molar-refractivity contribution is 7.88. The molecular weight excluding hydrogens is 242 g/mol. The second-order valence-corrected chi connectivity index (χ2v) is 5.79. The van der Waals surface area contributed by atoms with Crippen molar-refractivity contribution in [3.63, 3.8) is 0 Å². The van der Waals surface area contributed by atoms with E-state index in [1.807, 2.05) is 0 Å². The van der Waals surface area contributed by atoms with Gasteiger partial charge in [0.15, 0.2) is 5.84 Å². The van der Waals surface area contributed by atoms with Gasteiger partial charge in [-0.3, -0.25) is 0 Å². The first-order valence-corrected chi connectivity index (χ1v) is 6.67. The van der Waals surface area contributed by atoms with Crippen LogP contribution in [0.4, 0.5) is 0 Å². The normalized spacial score (nSPS) is 13.0. The fourth-order valence-electron chi connectivity index (χ4n) is 1.26. The van der Waals surface area contributed by atoms with Crippen molar-refractivity contribution in [2.75, 3.05) is 13.3 Å². The minimum atomic E-state index is -3.22. The summed E-state index contributed by atoms with van der Waals surface area (Å²) in [7, 11) is -1.73. The number of hydrogen-bond acceptors (Lipinski definition) is 4. The molecule has 0 amide bonds. The van der Waals surface area contributed by atoms with Gasteiger partial charge in [0, 0.05) is 19.2 Å². The molecule has 0 aromatic heterocycles. The average molecular weight is 257 g/mol. The van der Waals surface area contributed by atoms with Crippen molar-refractivity contribution < 1.29 is 13.6 Å². The van der Waals surface area contributed by atoms with Crippen molar-refractivity contribution in [1.82, 2.24) is 4.31 Å². The maximum Gasteiger partial charge on any atom is 0.211 e. The third-order valence-electron chi connectivity index (χ3n) is 2.30. The number of benzene rings is 1. The van der Waals surface area contributed by atoms with Crippen LogP contribution in [0.25, 0.3) is 0 Å². The molecule has 0 fully saturated rings. The average Bonchev–Trinajstić information content (AvgIpc) is 2.27. The molecule has 6 nitrogen and oxygen atoms in total. The highest BCUT2D eigenvalue weighted by Crippen LogP contribution is 2.09. The number of nitrogens with zero attached hydrogens (tertiary/aromatic N) is 2. The van der Waals surface area contributed by atoms with Gasteiger partial charge in [-0.05, 0) is 11.6 Å². The van der Waals surface area contributed by atoms with E-state index in [9.17, 15) is 8.42 Å². The molecule has 0 spiro atoms. The number of amidine groups is 1. The van der Waals surface area contributed by atoms with Crippen molar-refractivity contribution >= 4 is 15.9 Å². The lowest BCUT2D eigenvalue weighted by atomic mass is 10.1. The smallest absolute Gasteiger partial charge is 0.211 e. The number of sulfonamides is 1. The van der Waals surface area contributed by atoms with E-state index in [0.717, 1.165) is 11.8 Å². The summed E-state index contributed by atoms with van der Waals surface area (Å²) in [6.07, 6.45) is 1.14. The van der Waals surface area contributed by atoms with Crippen LogP contribution < -0.4 is 5.73 Å². The standard InChI is InChI=1S/C10H15N3O3S/c1-13(17(2,15)16)7-8-4-3-5-9(6-8)10(11)12-14/h3-6,14H,7H2,1-2H3,(H2,11,12). The second kappa shape index (κ2) is 5.15. The van der Waals surface area contributed by atoms with E-state index < -0.39 is 10.0 Å². The fraction of sp³-hybridized carbons (Fsp3) is 0.300. The lowest BCUT2D eigenvalue weighted by Crippen LogP contribution is -2.25. The molecule has 3 N–H and O–H groups in total. The Balaban J connectivity index is 2.94. The molecule has 1 aromatic carbocycles. The quantitative estimate of drug-likeness (QED) is 0.348. The molecule has 0 unspecified atom stereocenters. The maximum atomic E-state index is 11.2. The molecule has 0 aliphatic carbocycles. The Labute approximate surface area is 100 Å². The molecule has 1 aromatic rings. The molecule has 0 atom stereocenters. The van der Waals surface area contributed by atoms with Gasteiger partial charge in [-0.25, -0.2) is 12.7 Å². The largest absolute Gasteiger partial charge is 0.409 e. The number of nitrogens with two attached hydrogens (primary N) is 1. The van der Waals surface area contributed by atoms with E-state index in [1.54, 1.807) is 24.3 Å². The Morgan fingerprint density at radius 3 is 2.71 bits per heavy atom. The molecule has 17 heavy (non-hydrogen) atoms. The highest BCUT2D eigenvalue weighted by atomic mass is 32.2. The summed E-state index contributed by atoms with van der Waals surface area (Å²) >= 11 is 0. The summed E-state index contributed by atoms with van der Waals surface area (Å²) in [6.45, 7) is 0.241. The van der Waals surface area contributed by atoms with Crippen LogP contribution in [0.2, 0.25) is 0 Å². The lowest BCUT2D eigenvalue weighted by molar-refractivity contribution is 0.318. The molecule has 1 rings (SSSR count). The molecule has 7 heteroatoms. The molecule has 0 saturated carbocycles. The van der Waals surface area contributed by atoms with Gasteiger partial charge in [-0.15, -0.1) is 0 Å². The molecule has 0 aliphatic heterocycles. The van der Waals surface area contributed by atoms with E-state index in [0.29, 0.717) is 5.56 Å². The van der Waals surface area contributed by atoms with Gasteiger partial charge in [0.05, 0.1) is 6.26 Å². The van der Waals surface area contributed by atoms with Gasteiger partial charge >= 0.3 is 0 Å². The van der Waals surface area contributed by atoms with Gasteiger partial charge in [-0.1, -0.05) is 23.4 Å². The zero-order valence-corrected chi connectivity index (χ0v) is 10.5. The number of hydrogen-bond donors (Lipinski definition) is 2. The third kappa shape index (κ3) is 3.72.